The molecule has 1 aromatic rings. The molecule has 0 aromatic heterocycles. The molecule has 0 saturated carbocycles. The molecule has 1 aliphatic heterocycles. The zero-order chi connectivity index (χ0) is 19.4. The van der Waals surface area contributed by atoms with Crippen molar-refractivity contribution < 1.29 is 23.0 Å². The average molecular weight is 369 g/mol. The van der Waals surface area contributed by atoms with Crippen molar-refractivity contribution in [3.8, 4) is 0 Å². The lowest BCUT2D eigenvalue weighted by molar-refractivity contribution is -0.162. The lowest BCUT2D eigenvalue weighted by atomic mass is 9.95. The Morgan fingerprint density at radius 2 is 1.96 bits per heavy atom. The first kappa shape index (κ1) is 20.8. The average Bonchev–Trinajstić information content (AvgIpc) is 2.53. The highest BCUT2D eigenvalue weighted by atomic mass is 19.3. The number of piperidine rings is 1. The van der Waals surface area contributed by atoms with Crippen molar-refractivity contribution in [2.75, 3.05) is 19.8 Å². The van der Waals surface area contributed by atoms with E-state index in [4.69, 9.17) is 9.47 Å². The summed E-state index contributed by atoms with van der Waals surface area (Å²) in [7, 11) is 0. The van der Waals surface area contributed by atoms with Crippen LogP contribution in [0.5, 0.6) is 0 Å². The van der Waals surface area contributed by atoms with E-state index >= 15 is 0 Å². The molecule has 1 aromatic carbocycles. The molecule has 0 amide bonds. The summed E-state index contributed by atoms with van der Waals surface area (Å²) in [5.74, 6) is -3.19. The minimum atomic E-state index is -2.70. The molecule has 4 nitrogen and oxygen atoms in total. The van der Waals surface area contributed by atoms with E-state index in [0.29, 0.717) is 6.54 Å². The van der Waals surface area contributed by atoms with E-state index in [1.807, 2.05) is 42.2 Å². The second kappa shape index (κ2) is 8.44. The minimum Gasteiger partial charge on any atom is -0.458 e. The van der Waals surface area contributed by atoms with E-state index in [2.05, 4.69) is 0 Å². The lowest BCUT2D eigenvalue weighted by Crippen LogP contribution is -2.50. The first-order valence-electron chi connectivity index (χ1n) is 9.05. The molecule has 146 valence electrons. The maximum atomic E-state index is 13.9. The van der Waals surface area contributed by atoms with Crippen LogP contribution in [0, 0.1) is 0 Å². The van der Waals surface area contributed by atoms with Gasteiger partial charge in [-0.25, -0.2) is 13.6 Å². The third-order valence-corrected chi connectivity index (χ3v) is 4.47. The van der Waals surface area contributed by atoms with Crippen molar-refractivity contribution in [3.05, 3.63) is 35.9 Å². The van der Waals surface area contributed by atoms with Gasteiger partial charge in [0.1, 0.15) is 12.2 Å². The number of alkyl halides is 2. The fourth-order valence-corrected chi connectivity index (χ4v) is 3.28. The third-order valence-electron chi connectivity index (χ3n) is 4.47. The molecule has 0 radical (unpaired) electrons. The van der Waals surface area contributed by atoms with Crippen molar-refractivity contribution >= 4 is 5.97 Å². The van der Waals surface area contributed by atoms with Crippen LogP contribution in [0.4, 0.5) is 8.78 Å². The van der Waals surface area contributed by atoms with Gasteiger partial charge in [-0.3, -0.25) is 4.90 Å². The molecule has 0 unspecified atom stereocenters. The molecule has 2 atom stereocenters. The van der Waals surface area contributed by atoms with Gasteiger partial charge in [0.25, 0.3) is 5.92 Å². The topological polar surface area (TPSA) is 38.8 Å². The molecular formula is C20H29F2NO3. The van der Waals surface area contributed by atoms with Gasteiger partial charge < -0.3 is 9.47 Å². The molecule has 0 spiro atoms. The Morgan fingerprint density at radius 1 is 1.31 bits per heavy atom. The van der Waals surface area contributed by atoms with Gasteiger partial charge in [-0.1, -0.05) is 30.3 Å². The smallest absolute Gasteiger partial charge is 0.332 e. The zero-order valence-corrected chi connectivity index (χ0v) is 16.0. The zero-order valence-electron chi connectivity index (χ0n) is 16.0. The van der Waals surface area contributed by atoms with Crippen molar-refractivity contribution in [2.45, 2.75) is 64.1 Å². The van der Waals surface area contributed by atoms with Crippen molar-refractivity contribution in [3.63, 3.8) is 0 Å². The summed E-state index contributed by atoms with van der Waals surface area (Å²) in [5.41, 5.74) is 0.487. The fourth-order valence-electron chi connectivity index (χ4n) is 3.28. The van der Waals surface area contributed by atoms with Gasteiger partial charge in [-0.15, -0.1) is 0 Å². The molecular weight excluding hydrogens is 340 g/mol. The van der Waals surface area contributed by atoms with Gasteiger partial charge in [-0.05, 0) is 33.3 Å². The maximum absolute atomic E-state index is 13.9. The summed E-state index contributed by atoms with van der Waals surface area (Å²) >= 11 is 0. The highest BCUT2D eigenvalue weighted by Gasteiger charge is 2.42. The Morgan fingerprint density at radius 3 is 2.58 bits per heavy atom. The number of hydrogen-bond acceptors (Lipinski definition) is 4. The van der Waals surface area contributed by atoms with Crippen LogP contribution in [0.2, 0.25) is 0 Å². The van der Waals surface area contributed by atoms with Crippen LogP contribution < -0.4 is 0 Å². The fraction of sp³-hybridized carbons (Fsp3) is 0.650. The number of esters is 1. The normalized spacial score (nSPS) is 22.0. The summed E-state index contributed by atoms with van der Waals surface area (Å²) in [6, 6.07) is 9.36. The van der Waals surface area contributed by atoms with E-state index in [0.717, 1.165) is 5.56 Å². The van der Waals surface area contributed by atoms with Crippen molar-refractivity contribution in [1.29, 1.82) is 0 Å². The van der Waals surface area contributed by atoms with Crippen molar-refractivity contribution in [1.82, 2.24) is 4.90 Å². The second-order valence-electron chi connectivity index (χ2n) is 7.89. The molecule has 0 bridgehead atoms. The van der Waals surface area contributed by atoms with Gasteiger partial charge >= 0.3 is 5.97 Å². The number of likely N-dealkylation sites (tertiary alicyclic amines) is 1. The van der Waals surface area contributed by atoms with E-state index in [1.165, 1.54) is 0 Å². The predicted molar refractivity (Wildman–Crippen MR) is 96.2 cm³/mol. The Kier molecular flexibility index (Phi) is 6.74. The van der Waals surface area contributed by atoms with Crippen LogP contribution in [0.1, 0.15) is 52.1 Å². The van der Waals surface area contributed by atoms with Gasteiger partial charge in [0.2, 0.25) is 0 Å². The summed E-state index contributed by atoms with van der Waals surface area (Å²) in [4.78, 5) is 13.8. The van der Waals surface area contributed by atoms with Crippen LogP contribution in [0.25, 0.3) is 0 Å². The Labute approximate surface area is 154 Å². The Balaban J connectivity index is 1.97. The van der Waals surface area contributed by atoms with Gasteiger partial charge in [0.05, 0.1) is 6.61 Å². The second-order valence-corrected chi connectivity index (χ2v) is 7.89. The van der Waals surface area contributed by atoms with E-state index in [1.54, 1.807) is 20.8 Å². The van der Waals surface area contributed by atoms with Crippen LogP contribution in [0.3, 0.4) is 0 Å². The first-order valence-corrected chi connectivity index (χ1v) is 9.05. The lowest BCUT2D eigenvalue weighted by Gasteiger charge is -2.42. The largest absolute Gasteiger partial charge is 0.458 e. The van der Waals surface area contributed by atoms with Crippen LogP contribution in [-0.4, -0.2) is 48.2 Å². The molecule has 0 aliphatic carbocycles. The van der Waals surface area contributed by atoms with E-state index < -0.39 is 23.5 Å². The first-order chi connectivity index (χ1) is 12.1. The highest BCUT2D eigenvalue weighted by molar-refractivity contribution is 5.71. The van der Waals surface area contributed by atoms with E-state index in [9.17, 15) is 13.6 Å². The molecule has 26 heavy (non-hydrogen) atoms. The minimum absolute atomic E-state index is 0.00225. The predicted octanol–water partition coefficient (Wildman–Crippen LogP) is 4.21. The summed E-state index contributed by atoms with van der Waals surface area (Å²) in [5, 5.41) is 0. The number of carbonyl (C=O) groups is 1. The SMILES string of the molecule is C[C@H](c1ccccc1)N1CCC(F)(F)C[C@H]1COCC(=O)OC(C)(C)C. The van der Waals surface area contributed by atoms with Crippen LogP contribution >= 0.6 is 0 Å². The molecule has 0 N–H and O–H groups in total. The molecule has 6 heteroatoms. The standard InChI is InChI=1S/C20H29F2NO3/c1-15(16-8-6-5-7-9-16)23-11-10-20(21,22)12-17(23)13-25-14-18(24)26-19(2,3)4/h5-9,15,17H,10-14H2,1-4H3/t15-,17+/m1/s1. The maximum Gasteiger partial charge on any atom is 0.332 e. The summed E-state index contributed by atoms with van der Waals surface area (Å²) in [6.45, 7) is 7.48. The number of hydrogen-bond donors (Lipinski definition) is 0. The number of benzene rings is 1. The molecule has 1 aliphatic rings. The Hall–Kier alpha value is -1.53. The van der Waals surface area contributed by atoms with Gasteiger partial charge in [0.15, 0.2) is 0 Å². The van der Waals surface area contributed by atoms with Crippen LogP contribution in [0.15, 0.2) is 30.3 Å². The third kappa shape index (κ3) is 6.32. The van der Waals surface area contributed by atoms with Crippen molar-refractivity contribution in [2.24, 2.45) is 0 Å². The van der Waals surface area contributed by atoms with E-state index in [-0.39, 0.29) is 32.1 Å². The molecule has 1 heterocycles. The number of rotatable bonds is 6. The monoisotopic (exact) mass is 369 g/mol. The number of carbonyl (C=O) groups excluding carboxylic acids is 1. The highest BCUT2D eigenvalue weighted by Crippen LogP contribution is 2.36. The number of ether oxygens (including phenoxy) is 2. The van der Waals surface area contributed by atoms with Gasteiger partial charge in [0, 0.05) is 31.5 Å². The summed E-state index contributed by atoms with van der Waals surface area (Å²) < 4.78 is 38.5. The molecule has 1 saturated heterocycles. The van der Waals surface area contributed by atoms with Gasteiger partial charge in [-0.2, -0.15) is 0 Å². The quantitative estimate of drug-likeness (QED) is 0.705. The molecule has 1 fully saturated rings. The Bertz CT molecular complexity index is 586. The number of nitrogens with zero attached hydrogens (tertiary/aromatic N) is 1. The summed E-state index contributed by atoms with van der Waals surface area (Å²) in [6.07, 6.45) is -0.425. The number of halogens is 2. The molecule has 2 rings (SSSR count). The van der Waals surface area contributed by atoms with Crippen LogP contribution in [-0.2, 0) is 14.3 Å².